The Morgan fingerprint density at radius 2 is 2.00 bits per heavy atom. The van der Waals surface area contributed by atoms with E-state index < -0.39 is 10.9 Å². The largest absolute Gasteiger partial charge is 0.496 e. The number of carbonyl (C=O) groups excluding carboxylic acids is 1. The molecule has 1 aromatic heterocycles. The van der Waals surface area contributed by atoms with Crippen molar-refractivity contribution in [3.8, 4) is 16.3 Å². The van der Waals surface area contributed by atoms with E-state index in [1.807, 2.05) is 34.5 Å². The second kappa shape index (κ2) is 9.13. The molecule has 1 saturated heterocycles. The number of hydrogen-bond acceptors (Lipinski definition) is 8. The topological polar surface area (TPSA) is 94.8 Å². The van der Waals surface area contributed by atoms with E-state index in [2.05, 4.69) is 4.98 Å². The standard InChI is InChI=1S/C22H21N3O5S/c1-29-20-7-3-2-6-17(20)21-23-16(14-31-21)13-30-22(26)15-8-9-18(19(12-15)25(27)28)24-10-4-5-11-24/h2-3,6-9,12,14H,4-5,10-11,13H2,1H3. The van der Waals surface area contributed by atoms with E-state index >= 15 is 0 Å². The molecule has 1 aliphatic rings. The van der Waals surface area contributed by atoms with Crippen LogP contribution in [-0.4, -0.2) is 36.1 Å². The van der Waals surface area contributed by atoms with Crippen LogP contribution < -0.4 is 9.64 Å². The normalized spacial score (nSPS) is 13.3. The van der Waals surface area contributed by atoms with Gasteiger partial charge in [0.1, 0.15) is 23.1 Å². The summed E-state index contributed by atoms with van der Waals surface area (Å²) in [6.07, 6.45) is 2.01. The molecule has 0 unspecified atom stereocenters. The van der Waals surface area contributed by atoms with Crippen LogP contribution in [0.1, 0.15) is 28.9 Å². The van der Waals surface area contributed by atoms with E-state index in [9.17, 15) is 14.9 Å². The average Bonchev–Trinajstić information content (AvgIpc) is 3.49. The van der Waals surface area contributed by atoms with Crippen molar-refractivity contribution in [1.29, 1.82) is 0 Å². The highest BCUT2D eigenvalue weighted by Gasteiger charge is 2.24. The maximum absolute atomic E-state index is 12.5. The lowest BCUT2D eigenvalue weighted by Gasteiger charge is -2.17. The maximum Gasteiger partial charge on any atom is 0.338 e. The second-order valence-electron chi connectivity index (χ2n) is 7.08. The maximum atomic E-state index is 12.5. The highest BCUT2D eigenvalue weighted by Crippen LogP contribution is 2.33. The summed E-state index contributed by atoms with van der Waals surface area (Å²) in [4.78, 5) is 30.1. The molecule has 0 spiro atoms. The summed E-state index contributed by atoms with van der Waals surface area (Å²) in [5.41, 5.74) is 2.07. The SMILES string of the molecule is COc1ccccc1-c1nc(COC(=O)c2ccc(N3CCCC3)c([N+](=O)[O-])c2)cs1. The predicted molar refractivity (Wildman–Crippen MR) is 118 cm³/mol. The van der Waals surface area contributed by atoms with Gasteiger partial charge in [-0.1, -0.05) is 12.1 Å². The molecular formula is C22H21N3O5S. The van der Waals surface area contributed by atoms with Crippen molar-refractivity contribution in [3.05, 3.63) is 69.2 Å². The Morgan fingerprint density at radius 1 is 1.23 bits per heavy atom. The molecule has 4 rings (SSSR count). The van der Waals surface area contributed by atoms with Gasteiger partial charge in [-0.25, -0.2) is 9.78 Å². The number of aromatic nitrogens is 1. The van der Waals surface area contributed by atoms with Crippen LogP contribution in [0.5, 0.6) is 5.75 Å². The number of nitro groups is 1. The van der Waals surface area contributed by atoms with Crippen molar-refractivity contribution < 1.29 is 19.2 Å². The molecule has 2 heterocycles. The number of methoxy groups -OCH3 is 1. The van der Waals surface area contributed by atoms with Gasteiger partial charge in [0.15, 0.2) is 0 Å². The molecule has 31 heavy (non-hydrogen) atoms. The minimum Gasteiger partial charge on any atom is -0.496 e. The first kappa shape index (κ1) is 20.8. The molecule has 1 aliphatic heterocycles. The molecule has 9 heteroatoms. The summed E-state index contributed by atoms with van der Waals surface area (Å²) >= 11 is 1.42. The molecular weight excluding hydrogens is 418 g/mol. The van der Waals surface area contributed by atoms with Gasteiger partial charge in [0, 0.05) is 24.5 Å². The van der Waals surface area contributed by atoms with Gasteiger partial charge in [-0.3, -0.25) is 10.1 Å². The zero-order valence-corrected chi connectivity index (χ0v) is 17.8. The lowest BCUT2D eigenvalue weighted by Crippen LogP contribution is -2.19. The van der Waals surface area contributed by atoms with Gasteiger partial charge in [-0.05, 0) is 37.1 Å². The number of nitro benzene ring substituents is 1. The van der Waals surface area contributed by atoms with Gasteiger partial charge in [0.2, 0.25) is 0 Å². The van der Waals surface area contributed by atoms with Crippen LogP contribution in [0.25, 0.3) is 10.6 Å². The van der Waals surface area contributed by atoms with Gasteiger partial charge >= 0.3 is 5.97 Å². The van der Waals surface area contributed by atoms with Gasteiger partial charge in [-0.15, -0.1) is 11.3 Å². The Kier molecular flexibility index (Phi) is 6.13. The Labute approximate surface area is 183 Å². The number of ether oxygens (including phenoxy) is 2. The highest BCUT2D eigenvalue weighted by atomic mass is 32.1. The summed E-state index contributed by atoms with van der Waals surface area (Å²) < 4.78 is 10.7. The predicted octanol–water partition coefficient (Wildman–Crippen LogP) is 4.68. The Hall–Kier alpha value is -3.46. The van der Waals surface area contributed by atoms with Crippen LogP contribution in [0.4, 0.5) is 11.4 Å². The quantitative estimate of drug-likeness (QED) is 0.299. The summed E-state index contributed by atoms with van der Waals surface area (Å²) in [6.45, 7) is 1.54. The molecule has 0 bridgehead atoms. The fourth-order valence-electron chi connectivity index (χ4n) is 3.56. The van der Waals surface area contributed by atoms with Crippen molar-refractivity contribution in [2.75, 3.05) is 25.1 Å². The summed E-state index contributed by atoms with van der Waals surface area (Å²) in [7, 11) is 1.60. The van der Waals surface area contributed by atoms with Crippen LogP contribution in [-0.2, 0) is 11.3 Å². The first-order valence-electron chi connectivity index (χ1n) is 9.85. The van der Waals surface area contributed by atoms with Gasteiger partial charge in [0.25, 0.3) is 5.69 Å². The highest BCUT2D eigenvalue weighted by molar-refractivity contribution is 7.13. The van der Waals surface area contributed by atoms with Crippen molar-refractivity contribution in [2.24, 2.45) is 0 Å². The Morgan fingerprint density at radius 3 is 2.74 bits per heavy atom. The summed E-state index contributed by atoms with van der Waals surface area (Å²) in [5.74, 6) is 0.0914. The van der Waals surface area contributed by atoms with E-state index in [0.717, 1.165) is 36.5 Å². The molecule has 0 N–H and O–H groups in total. The van der Waals surface area contributed by atoms with E-state index in [4.69, 9.17) is 9.47 Å². The van der Waals surface area contributed by atoms with Crippen LogP contribution in [0.3, 0.4) is 0 Å². The lowest BCUT2D eigenvalue weighted by atomic mass is 10.1. The number of rotatable bonds is 7. The molecule has 0 amide bonds. The van der Waals surface area contributed by atoms with Crippen molar-refractivity contribution >= 4 is 28.7 Å². The molecule has 3 aromatic rings. The first-order chi connectivity index (χ1) is 15.1. The summed E-state index contributed by atoms with van der Waals surface area (Å²) in [6, 6.07) is 12.0. The third kappa shape index (κ3) is 4.51. The molecule has 1 fully saturated rings. The second-order valence-corrected chi connectivity index (χ2v) is 7.93. The number of anilines is 1. The van der Waals surface area contributed by atoms with Crippen molar-refractivity contribution in [1.82, 2.24) is 4.98 Å². The van der Waals surface area contributed by atoms with Crippen LogP contribution in [0.2, 0.25) is 0 Å². The fourth-order valence-corrected chi connectivity index (χ4v) is 4.40. The fraction of sp³-hybridized carbons (Fsp3) is 0.273. The summed E-state index contributed by atoms with van der Waals surface area (Å²) in [5, 5.41) is 14.1. The minimum absolute atomic E-state index is 0.0217. The first-order valence-corrected chi connectivity index (χ1v) is 10.7. The molecule has 8 nitrogen and oxygen atoms in total. The monoisotopic (exact) mass is 439 g/mol. The molecule has 0 atom stereocenters. The minimum atomic E-state index is -0.622. The number of esters is 1. The average molecular weight is 439 g/mol. The number of hydrogen-bond donors (Lipinski definition) is 0. The molecule has 2 aromatic carbocycles. The molecule has 160 valence electrons. The zero-order valence-electron chi connectivity index (χ0n) is 16.9. The van der Waals surface area contributed by atoms with Gasteiger partial charge in [-0.2, -0.15) is 0 Å². The van der Waals surface area contributed by atoms with Crippen molar-refractivity contribution in [3.63, 3.8) is 0 Å². The lowest BCUT2D eigenvalue weighted by molar-refractivity contribution is -0.384. The number of thiazole rings is 1. The zero-order chi connectivity index (χ0) is 21.8. The van der Waals surface area contributed by atoms with E-state index in [1.54, 1.807) is 19.2 Å². The number of benzene rings is 2. The molecule has 0 radical (unpaired) electrons. The van der Waals surface area contributed by atoms with Gasteiger partial charge in [0.05, 0.1) is 28.9 Å². The Balaban J connectivity index is 1.46. The van der Waals surface area contributed by atoms with Crippen LogP contribution >= 0.6 is 11.3 Å². The Bertz CT molecular complexity index is 1110. The number of nitrogens with zero attached hydrogens (tertiary/aromatic N) is 3. The smallest absolute Gasteiger partial charge is 0.338 e. The van der Waals surface area contributed by atoms with Crippen LogP contribution in [0.15, 0.2) is 47.8 Å². The van der Waals surface area contributed by atoms with Gasteiger partial charge < -0.3 is 14.4 Å². The van der Waals surface area contributed by atoms with E-state index in [-0.39, 0.29) is 17.9 Å². The van der Waals surface area contributed by atoms with E-state index in [1.165, 1.54) is 17.4 Å². The van der Waals surface area contributed by atoms with Crippen molar-refractivity contribution in [2.45, 2.75) is 19.4 Å². The molecule has 0 saturated carbocycles. The third-order valence-electron chi connectivity index (χ3n) is 5.09. The molecule has 0 aliphatic carbocycles. The number of para-hydroxylation sites is 1. The third-order valence-corrected chi connectivity index (χ3v) is 6.02. The van der Waals surface area contributed by atoms with E-state index in [0.29, 0.717) is 17.1 Å². The number of carbonyl (C=O) groups is 1. The van der Waals surface area contributed by atoms with Crippen LogP contribution in [0, 0.1) is 10.1 Å².